The number of ether oxygens (including phenoxy) is 1. The third kappa shape index (κ3) is 5.87. The van der Waals surface area contributed by atoms with Gasteiger partial charge < -0.3 is 9.64 Å². The molecule has 24 heavy (non-hydrogen) atoms. The number of carbonyl (C=O) groups is 1. The van der Waals surface area contributed by atoms with Crippen molar-refractivity contribution in [2.75, 3.05) is 32.7 Å². The van der Waals surface area contributed by atoms with Crippen LogP contribution in [0.2, 0.25) is 5.02 Å². The molecule has 134 valence electrons. The number of amides is 1. The van der Waals surface area contributed by atoms with Crippen LogP contribution in [-0.2, 0) is 4.79 Å². The molecule has 0 radical (unpaired) electrons. The van der Waals surface area contributed by atoms with E-state index in [1.165, 1.54) is 4.90 Å². The maximum Gasteiger partial charge on any atom is 0.401 e. The van der Waals surface area contributed by atoms with Crippen LogP contribution in [0.3, 0.4) is 0 Å². The van der Waals surface area contributed by atoms with Gasteiger partial charge in [-0.1, -0.05) is 11.6 Å². The van der Waals surface area contributed by atoms with E-state index in [1.54, 1.807) is 36.1 Å². The highest BCUT2D eigenvalue weighted by molar-refractivity contribution is 6.30. The summed E-state index contributed by atoms with van der Waals surface area (Å²) in [4.78, 5) is 15.3. The number of rotatable bonds is 4. The summed E-state index contributed by atoms with van der Waals surface area (Å²) in [5, 5.41) is 0.568. The molecule has 1 aromatic rings. The Hall–Kier alpha value is -1.47. The highest BCUT2D eigenvalue weighted by Gasteiger charge is 2.32. The lowest BCUT2D eigenvalue weighted by Crippen LogP contribution is -2.43. The van der Waals surface area contributed by atoms with Crippen LogP contribution >= 0.6 is 11.6 Å². The zero-order valence-corrected chi connectivity index (χ0v) is 14.1. The summed E-state index contributed by atoms with van der Waals surface area (Å²) in [7, 11) is 0. The molecular formula is C16H20ClF3N2O2. The first kappa shape index (κ1) is 18.9. The third-order valence-electron chi connectivity index (χ3n) is 3.78. The molecule has 2 rings (SSSR count). The molecule has 1 heterocycles. The van der Waals surface area contributed by atoms with Crippen molar-refractivity contribution in [2.45, 2.75) is 25.6 Å². The van der Waals surface area contributed by atoms with Crippen molar-refractivity contribution in [1.82, 2.24) is 9.80 Å². The average Bonchev–Trinajstić information content (AvgIpc) is 2.72. The fraction of sp³-hybridized carbons (Fsp3) is 0.562. The van der Waals surface area contributed by atoms with E-state index in [0.717, 1.165) is 0 Å². The number of alkyl halides is 3. The van der Waals surface area contributed by atoms with Crippen LogP contribution in [0.25, 0.3) is 0 Å². The highest BCUT2D eigenvalue weighted by Crippen LogP contribution is 2.19. The Morgan fingerprint density at radius 1 is 1.21 bits per heavy atom. The lowest BCUT2D eigenvalue weighted by molar-refractivity contribution is -0.145. The monoisotopic (exact) mass is 364 g/mol. The number of nitrogens with zero attached hydrogens (tertiary/aromatic N) is 2. The fourth-order valence-corrected chi connectivity index (χ4v) is 2.75. The van der Waals surface area contributed by atoms with E-state index in [1.807, 2.05) is 0 Å². The molecule has 1 aliphatic heterocycles. The highest BCUT2D eigenvalue weighted by atomic mass is 35.5. The van der Waals surface area contributed by atoms with E-state index >= 15 is 0 Å². The number of hydrogen-bond donors (Lipinski definition) is 0. The van der Waals surface area contributed by atoms with Crippen molar-refractivity contribution in [1.29, 1.82) is 0 Å². The number of halogens is 4. The van der Waals surface area contributed by atoms with E-state index in [2.05, 4.69) is 0 Å². The smallest absolute Gasteiger partial charge is 0.401 e. The summed E-state index contributed by atoms with van der Waals surface area (Å²) in [5.74, 6) is 0.299. The summed E-state index contributed by atoms with van der Waals surface area (Å²) in [6.07, 6.45) is -4.42. The molecule has 0 bridgehead atoms. The van der Waals surface area contributed by atoms with Crippen molar-refractivity contribution in [3.8, 4) is 5.75 Å². The first-order chi connectivity index (χ1) is 11.2. The van der Waals surface area contributed by atoms with Gasteiger partial charge in [0.1, 0.15) is 5.75 Å². The molecule has 0 N–H and O–H groups in total. The molecular weight excluding hydrogens is 345 g/mol. The van der Waals surface area contributed by atoms with E-state index in [4.69, 9.17) is 16.3 Å². The topological polar surface area (TPSA) is 32.8 Å². The minimum Gasteiger partial charge on any atom is -0.481 e. The summed E-state index contributed by atoms with van der Waals surface area (Å²) < 4.78 is 43.0. The van der Waals surface area contributed by atoms with Crippen molar-refractivity contribution in [2.24, 2.45) is 0 Å². The van der Waals surface area contributed by atoms with Gasteiger partial charge in [-0.05, 0) is 37.6 Å². The molecule has 0 aliphatic carbocycles. The first-order valence-corrected chi connectivity index (χ1v) is 8.12. The summed E-state index contributed by atoms with van der Waals surface area (Å²) in [5.41, 5.74) is 0. The van der Waals surface area contributed by atoms with Gasteiger partial charge in [0.15, 0.2) is 6.10 Å². The Morgan fingerprint density at radius 3 is 2.50 bits per heavy atom. The number of hydrogen-bond acceptors (Lipinski definition) is 3. The largest absolute Gasteiger partial charge is 0.481 e. The predicted octanol–water partition coefficient (Wildman–Crippen LogP) is 3.20. The molecule has 0 aromatic heterocycles. The molecule has 0 saturated carbocycles. The SMILES string of the molecule is CC(Oc1ccc(Cl)cc1)C(=O)N1CCCN(CC(F)(F)F)CC1. The molecule has 1 amide bonds. The van der Waals surface area contributed by atoms with Gasteiger partial charge in [0.25, 0.3) is 5.91 Å². The minimum atomic E-state index is -4.22. The first-order valence-electron chi connectivity index (χ1n) is 7.75. The maximum atomic E-state index is 12.5. The lowest BCUT2D eigenvalue weighted by atomic mass is 10.3. The molecule has 4 nitrogen and oxygen atoms in total. The molecule has 1 atom stereocenters. The third-order valence-corrected chi connectivity index (χ3v) is 4.03. The fourth-order valence-electron chi connectivity index (χ4n) is 2.63. The van der Waals surface area contributed by atoms with Crippen LogP contribution in [-0.4, -0.2) is 60.7 Å². The molecule has 1 fully saturated rings. The number of carbonyl (C=O) groups excluding carboxylic acids is 1. The van der Waals surface area contributed by atoms with Crippen LogP contribution in [0.15, 0.2) is 24.3 Å². The van der Waals surface area contributed by atoms with E-state index < -0.39 is 18.8 Å². The summed E-state index contributed by atoms with van der Waals surface area (Å²) >= 11 is 5.79. The Bertz CT molecular complexity index is 551. The van der Waals surface area contributed by atoms with Gasteiger partial charge in [0.2, 0.25) is 0 Å². The van der Waals surface area contributed by atoms with Crippen LogP contribution in [0.1, 0.15) is 13.3 Å². The van der Waals surface area contributed by atoms with Gasteiger partial charge in [-0.25, -0.2) is 0 Å². The van der Waals surface area contributed by atoms with Gasteiger partial charge in [-0.2, -0.15) is 13.2 Å². The van der Waals surface area contributed by atoms with Gasteiger partial charge >= 0.3 is 6.18 Å². The Morgan fingerprint density at radius 2 is 1.88 bits per heavy atom. The summed E-state index contributed by atoms with van der Waals surface area (Å²) in [6.45, 7) is 1.93. The molecule has 8 heteroatoms. The normalized spacial score (nSPS) is 18.1. The van der Waals surface area contributed by atoms with Crippen LogP contribution in [0.4, 0.5) is 13.2 Å². The second-order valence-corrected chi connectivity index (χ2v) is 6.22. The second kappa shape index (κ2) is 8.07. The molecule has 1 saturated heterocycles. The van der Waals surface area contributed by atoms with Crippen molar-refractivity contribution in [3.63, 3.8) is 0 Å². The molecule has 1 aliphatic rings. The standard InChI is InChI=1S/C16H20ClF3N2O2/c1-12(24-14-5-3-13(17)4-6-14)15(23)22-8-2-7-21(9-10-22)11-16(18,19)20/h3-6,12H,2,7-11H2,1H3. The molecule has 0 spiro atoms. The van der Waals surface area contributed by atoms with Crippen LogP contribution < -0.4 is 4.74 Å². The quantitative estimate of drug-likeness (QED) is 0.822. The van der Waals surface area contributed by atoms with Crippen molar-refractivity contribution in [3.05, 3.63) is 29.3 Å². The van der Waals surface area contributed by atoms with Gasteiger partial charge in [0, 0.05) is 31.2 Å². The lowest BCUT2D eigenvalue weighted by Gasteiger charge is -2.25. The summed E-state index contributed by atoms with van der Waals surface area (Å²) in [6, 6.07) is 6.66. The predicted molar refractivity (Wildman–Crippen MR) is 85.2 cm³/mol. The van der Waals surface area contributed by atoms with Crippen LogP contribution in [0, 0.1) is 0 Å². The zero-order valence-electron chi connectivity index (χ0n) is 13.4. The average molecular weight is 365 g/mol. The van der Waals surface area contributed by atoms with Crippen molar-refractivity contribution < 1.29 is 22.7 Å². The second-order valence-electron chi connectivity index (χ2n) is 5.78. The minimum absolute atomic E-state index is 0.207. The zero-order chi connectivity index (χ0) is 17.7. The van der Waals surface area contributed by atoms with E-state index in [9.17, 15) is 18.0 Å². The molecule has 1 unspecified atom stereocenters. The van der Waals surface area contributed by atoms with E-state index in [0.29, 0.717) is 30.3 Å². The number of benzene rings is 1. The van der Waals surface area contributed by atoms with Gasteiger partial charge in [-0.15, -0.1) is 0 Å². The Kier molecular flexibility index (Phi) is 6.34. The van der Waals surface area contributed by atoms with Gasteiger partial charge in [-0.3, -0.25) is 9.69 Å². The Balaban J connectivity index is 1.88. The maximum absolute atomic E-state index is 12.5. The Labute approximate surface area is 144 Å². The van der Waals surface area contributed by atoms with Crippen LogP contribution in [0.5, 0.6) is 5.75 Å². The van der Waals surface area contributed by atoms with E-state index in [-0.39, 0.29) is 19.0 Å². The molecule has 1 aromatic carbocycles. The van der Waals surface area contributed by atoms with Crippen molar-refractivity contribution >= 4 is 17.5 Å². The van der Waals surface area contributed by atoms with Gasteiger partial charge in [0.05, 0.1) is 6.54 Å².